The number of amides is 1. The van der Waals surface area contributed by atoms with Crippen molar-refractivity contribution in [3.8, 4) is 10.6 Å². The van der Waals surface area contributed by atoms with Crippen LogP contribution in [0.3, 0.4) is 0 Å². The summed E-state index contributed by atoms with van der Waals surface area (Å²) >= 11 is 1.52. The summed E-state index contributed by atoms with van der Waals surface area (Å²) in [5, 5.41) is 4.98. The molecule has 2 heterocycles. The Hall–Kier alpha value is -3.51. The summed E-state index contributed by atoms with van der Waals surface area (Å²) in [6.45, 7) is -0.0906. The van der Waals surface area contributed by atoms with Crippen LogP contribution in [0.4, 0.5) is 0 Å². The van der Waals surface area contributed by atoms with Crippen molar-refractivity contribution in [3.63, 3.8) is 0 Å². The van der Waals surface area contributed by atoms with E-state index in [0.717, 1.165) is 16.0 Å². The van der Waals surface area contributed by atoms with Gasteiger partial charge in [0.2, 0.25) is 5.91 Å². The van der Waals surface area contributed by atoms with Crippen LogP contribution >= 0.6 is 11.3 Å². The third-order valence-corrected chi connectivity index (χ3v) is 5.43. The number of nitrogens with zero attached hydrogens (tertiary/aromatic N) is 2. The third kappa shape index (κ3) is 4.50. The summed E-state index contributed by atoms with van der Waals surface area (Å²) in [6, 6.07) is 24.5. The summed E-state index contributed by atoms with van der Waals surface area (Å²) in [5.74, 6) is -0.254. The Balaban J connectivity index is 1.54. The maximum atomic E-state index is 12.7. The molecular formula is C23H19N3O2S. The van der Waals surface area contributed by atoms with E-state index in [1.54, 1.807) is 0 Å². The number of hydrogen-bond donors (Lipinski definition) is 1. The first kappa shape index (κ1) is 18.8. The van der Waals surface area contributed by atoms with Gasteiger partial charge in [-0.1, -0.05) is 66.7 Å². The lowest BCUT2D eigenvalue weighted by molar-refractivity contribution is -0.122. The Kier molecular flexibility index (Phi) is 5.63. The van der Waals surface area contributed by atoms with Crippen molar-refractivity contribution >= 4 is 17.2 Å². The van der Waals surface area contributed by atoms with Gasteiger partial charge >= 0.3 is 0 Å². The highest BCUT2D eigenvalue weighted by Gasteiger charge is 2.17. The van der Waals surface area contributed by atoms with Crippen molar-refractivity contribution in [3.05, 3.63) is 112 Å². The van der Waals surface area contributed by atoms with Gasteiger partial charge in [0.25, 0.3) is 5.56 Å². The van der Waals surface area contributed by atoms with Crippen molar-refractivity contribution in [2.45, 2.75) is 12.6 Å². The lowest BCUT2D eigenvalue weighted by Crippen LogP contribution is -2.35. The van der Waals surface area contributed by atoms with E-state index >= 15 is 0 Å². The maximum absolute atomic E-state index is 12.7. The topological polar surface area (TPSA) is 64.0 Å². The molecule has 0 aliphatic rings. The van der Waals surface area contributed by atoms with E-state index in [-0.39, 0.29) is 24.1 Å². The largest absolute Gasteiger partial charge is 0.344 e. The molecular weight excluding hydrogens is 382 g/mol. The van der Waals surface area contributed by atoms with Gasteiger partial charge < -0.3 is 5.32 Å². The second-order valence-corrected chi connectivity index (χ2v) is 7.49. The van der Waals surface area contributed by atoms with Crippen LogP contribution in [0.2, 0.25) is 0 Å². The molecule has 0 bridgehead atoms. The van der Waals surface area contributed by atoms with Gasteiger partial charge in [-0.3, -0.25) is 14.2 Å². The molecule has 5 nitrogen and oxygen atoms in total. The minimum absolute atomic E-state index is 0.0906. The molecule has 0 aliphatic heterocycles. The van der Waals surface area contributed by atoms with Gasteiger partial charge in [-0.25, -0.2) is 4.98 Å². The summed E-state index contributed by atoms with van der Waals surface area (Å²) in [6.07, 6.45) is 1.43. The van der Waals surface area contributed by atoms with Crippen molar-refractivity contribution < 1.29 is 4.79 Å². The average molecular weight is 401 g/mol. The van der Waals surface area contributed by atoms with Crippen LogP contribution in [-0.2, 0) is 11.3 Å². The summed E-state index contributed by atoms with van der Waals surface area (Å²) in [5.41, 5.74) is 2.32. The fourth-order valence-electron chi connectivity index (χ4n) is 3.12. The number of rotatable bonds is 6. The van der Waals surface area contributed by atoms with Crippen LogP contribution in [0.1, 0.15) is 17.2 Å². The smallest absolute Gasteiger partial charge is 0.254 e. The first-order valence-electron chi connectivity index (χ1n) is 9.20. The molecule has 4 aromatic rings. The van der Waals surface area contributed by atoms with Gasteiger partial charge in [0.15, 0.2) is 0 Å². The van der Waals surface area contributed by atoms with Crippen molar-refractivity contribution in [1.29, 1.82) is 0 Å². The standard InChI is InChI=1S/C23H19N3O2S/c27-21(15-26-16-24-19(14-22(26)28)20-12-7-13-29-20)25-23(17-8-3-1-4-9-17)18-10-5-2-6-11-18/h1-14,16,23H,15H2,(H,25,27). The number of nitrogens with one attached hydrogen (secondary N) is 1. The van der Waals surface area contributed by atoms with Crippen LogP contribution in [-0.4, -0.2) is 15.5 Å². The molecule has 144 valence electrons. The first-order valence-corrected chi connectivity index (χ1v) is 10.1. The third-order valence-electron chi connectivity index (χ3n) is 4.54. The van der Waals surface area contributed by atoms with Gasteiger partial charge in [0, 0.05) is 6.07 Å². The zero-order valence-corrected chi connectivity index (χ0v) is 16.4. The monoisotopic (exact) mass is 401 g/mol. The molecule has 0 unspecified atom stereocenters. The lowest BCUT2D eigenvalue weighted by atomic mass is 9.99. The maximum Gasteiger partial charge on any atom is 0.254 e. The van der Waals surface area contributed by atoms with Gasteiger partial charge in [0.1, 0.15) is 6.54 Å². The number of aromatic nitrogens is 2. The minimum Gasteiger partial charge on any atom is -0.344 e. The molecule has 0 fully saturated rings. The molecule has 0 atom stereocenters. The van der Waals surface area contributed by atoms with E-state index in [2.05, 4.69) is 10.3 Å². The molecule has 29 heavy (non-hydrogen) atoms. The number of hydrogen-bond acceptors (Lipinski definition) is 4. The number of carbonyl (C=O) groups is 1. The fraction of sp³-hybridized carbons (Fsp3) is 0.0870. The highest BCUT2D eigenvalue weighted by atomic mass is 32.1. The van der Waals surface area contributed by atoms with Gasteiger partial charge in [-0.15, -0.1) is 11.3 Å². The molecule has 0 aliphatic carbocycles. The van der Waals surface area contributed by atoms with Crippen molar-refractivity contribution in [2.24, 2.45) is 0 Å². The van der Waals surface area contributed by atoms with E-state index < -0.39 is 0 Å². The zero-order valence-electron chi connectivity index (χ0n) is 15.6. The number of thiophene rings is 1. The molecule has 1 N–H and O–H groups in total. The minimum atomic E-state index is -0.293. The molecule has 0 spiro atoms. The molecule has 2 aromatic carbocycles. The number of benzene rings is 2. The Labute approximate surface area is 172 Å². The Morgan fingerprint density at radius 3 is 2.17 bits per heavy atom. The molecule has 1 amide bonds. The fourth-order valence-corrected chi connectivity index (χ4v) is 3.81. The molecule has 0 radical (unpaired) electrons. The molecule has 0 saturated heterocycles. The van der Waals surface area contributed by atoms with E-state index in [4.69, 9.17) is 0 Å². The molecule has 6 heteroatoms. The van der Waals surface area contributed by atoms with Gasteiger partial charge in [-0.2, -0.15) is 0 Å². The first-order chi connectivity index (χ1) is 14.2. The summed E-state index contributed by atoms with van der Waals surface area (Å²) in [7, 11) is 0. The second kappa shape index (κ2) is 8.67. The van der Waals surface area contributed by atoms with Crippen LogP contribution in [0, 0.1) is 0 Å². The van der Waals surface area contributed by atoms with E-state index in [1.807, 2.05) is 78.2 Å². The van der Waals surface area contributed by atoms with E-state index in [9.17, 15) is 9.59 Å². The zero-order chi connectivity index (χ0) is 20.1. The molecule has 0 saturated carbocycles. The predicted octanol–water partition coefficient (Wildman–Crippen LogP) is 3.88. The molecule has 2 aromatic heterocycles. The quantitative estimate of drug-likeness (QED) is 0.533. The van der Waals surface area contributed by atoms with Crippen LogP contribution in [0.15, 0.2) is 95.4 Å². The average Bonchev–Trinajstić information content (AvgIpc) is 3.30. The lowest BCUT2D eigenvalue weighted by Gasteiger charge is -2.20. The SMILES string of the molecule is O=C(Cn1cnc(-c2cccs2)cc1=O)NC(c1ccccc1)c1ccccc1. The molecule has 4 rings (SSSR count). The van der Waals surface area contributed by atoms with Crippen LogP contribution in [0.5, 0.6) is 0 Å². The Morgan fingerprint density at radius 2 is 1.62 bits per heavy atom. The van der Waals surface area contributed by atoms with E-state index in [0.29, 0.717) is 5.69 Å². The highest BCUT2D eigenvalue weighted by Crippen LogP contribution is 2.22. The predicted molar refractivity (Wildman–Crippen MR) is 115 cm³/mol. The van der Waals surface area contributed by atoms with Crippen molar-refractivity contribution in [1.82, 2.24) is 14.9 Å². The summed E-state index contributed by atoms with van der Waals surface area (Å²) in [4.78, 5) is 30.4. The number of carbonyl (C=O) groups excluding carboxylic acids is 1. The summed E-state index contributed by atoms with van der Waals surface area (Å²) < 4.78 is 1.32. The van der Waals surface area contributed by atoms with E-state index in [1.165, 1.54) is 28.3 Å². The highest BCUT2D eigenvalue weighted by molar-refractivity contribution is 7.13. The second-order valence-electron chi connectivity index (χ2n) is 6.54. The Bertz CT molecular complexity index is 1100. The van der Waals surface area contributed by atoms with Gasteiger partial charge in [-0.05, 0) is 22.6 Å². The van der Waals surface area contributed by atoms with Crippen molar-refractivity contribution in [2.75, 3.05) is 0 Å². The Morgan fingerprint density at radius 1 is 0.966 bits per heavy atom. The van der Waals surface area contributed by atoms with Crippen LogP contribution < -0.4 is 10.9 Å². The van der Waals surface area contributed by atoms with Gasteiger partial charge in [0.05, 0.1) is 22.9 Å². The van der Waals surface area contributed by atoms with Crippen LogP contribution in [0.25, 0.3) is 10.6 Å². The normalized spacial score (nSPS) is 10.8.